The van der Waals surface area contributed by atoms with Crippen LogP contribution in [0.3, 0.4) is 0 Å². The number of hydrogen-bond donors (Lipinski definition) is 2. The van der Waals surface area contributed by atoms with E-state index in [-0.39, 0.29) is 0 Å². The Morgan fingerprint density at radius 1 is 1.19 bits per heavy atom. The van der Waals surface area contributed by atoms with Crippen LogP contribution in [0.15, 0.2) is 48.5 Å². The maximum Gasteiger partial charge on any atom is 0.405 e. The molecule has 8 heteroatoms. The fourth-order valence-electron chi connectivity index (χ4n) is 2.39. The molecule has 1 amide bonds. The van der Waals surface area contributed by atoms with Gasteiger partial charge < -0.3 is 10.6 Å². The lowest BCUT2D eigenvalue weighted by atomic mass is 10.2. The number of carbonyl (C=O) groups excluding carboxylic acids is 1. The van der Waals surface area contributed by atoms with Crippen LogP contribution in [-0.4, -0.2) is 29.7 Å². The highest BCUT2D eigenvalue weighted by Crippen LogP contribution is 2.31. The van der Waals surface area contributed by atoms with Gasteiger partial charge in [0.05, 0.1) is 10.2 Å². The Labute approximate surface area is 152 Å². The number of halogens is 3. The van der Waals surface area contributed by atoms with E-state index in [0.717, 1.165) is 20.8 Å². The molecule has 2 N–H and O–H groups in total. The zero-order valence-electron chi connectivity index (χ0n) is 13.8. The highest BCUT2D eigenvalue weighted by molar-refractivity contribution is 7.21. The number of para-hydroxylation sites is 1. The molecule has 1 atom stereocenters. The molecule has 0 aliphatic heterocycles. The predicted octanol–water partition coefficient (Wildman–Crippen LogP) is 4.44. The zero-order chi connectivity index (χ0) is 18.7. The van der Waals surface area contributed by atoms with Gasteiger partial charge in [-0.25, -0.2) is 4.98 Å². The van der Waals surface area contributed by atoms with Crippen molar-refractivity contribution in [3.8, 4) is 10.6 Å². The van der Waals surface area contributed by atoms with Gasteiger partial charge in [-0.05, 0) is 31.2 Å². The molecule has 0 spiro atoms. The SMILES string of the molecule is CC(Nc1cccc(-c2nc3ccccc3s2)c1)C(=O)NCC(F)(F)F. The first-order valence-electron chi connectivity index (χ1n) is 7.89. The quantitative estimate of drug-likeness (QED) is 0.689. The van der Waals surface area contributed by atoms with E-state index in [4.69, 9.17) is 0 Å². The van der Waals surface area contributed by atoms with Gasteiger partial charge in [-0.2, -0.15) is 13.2 Å². The molecule has 0 saturated carbocycles. The number of aromatic nitrogens is 1. The molecule has 3 aromatic rings. The van der Waals surface area contributed by atoms with Gasteiger partial charge >= 0.3 is 6.18 Å². The first-order valence-corrected chi connectivity index (χ1v) is 8.70. The lowest BCUT2D eigenvalue weighted by molar-refractivity contribution is -0.138. The molecule has 0 bridgehead atoms. The summed E-state index contributed by atoms with van der Waals surface area (Å²) >= 11 is 1.55. The van der Waals surface area contributed by atoms with Crippen LogP contribution in [0.2, 0.25) is 0 Å². The summed E-state index contributed by atoms with van der Waals surface area (Å²) in [6.07, 6.45) is -4.43. The molecule has 136 valence electrons. The van der Waals surface area contributed by atoms with E-state index >= 15 is 0 Å². The van der Waals surface area contributed by atoms with Gasteiger partial charge in [-0.1, -0.05) is 24.3 Å². The number of anilines is 1. The highest BCUT2D eigenvalue weighted by Gasteiger charge is 2.28. The van der Waals surface area contributed by atoms with E-state index in [2.05, 4.69) is 10.3 Å². The van der Waals surface area contributed by atoms with Gasteiger partial charge in [0.1, 0.15) is 17.6 Å². The molecule has 0 aliphatic carbocycles. The average molecular weight is 379 g/mol. The molecule has 26 heavy (non-hydrogen) atoms. The van der Waals surface area contributed by atoms with Crippen LogP contribution in [0.5, 0.6) is 0 Å². The summed E-state index contributed by atoms with van der Waals surface area (Å²) in [7, 11) is 0. The second kappa shape index (κ2) is 7.33. The maximum absolute atomic E-state index is 12.2. The van der Waals surface area contributed by atoms with Gasteiger partial charge in [0.25, 0.3) is 0 Å². The van der Waals surface area contributed by atoms with Crippen molar-refractivity contribution in [3.63, 3.8) is 0 Å². The first-order chi connectivity index (χ1) is 12.3. The summed E-state index contributed by atoms with van der Waals surface area (Å²) in [5.41, 5.74) is 2.42. The van der Waals surface area contributed by atoms with Crippen molar-refractivity contribution < 1.29 is 18.0 Å². The second-order valence-electron chi connectivity index (χ2n) is 5.77. The van der Waals surface area contributed by atoms with Crippen LogP contribution in [-0.2, 0) is 4.79 Å². The molecule has 4 nitrogen and oxygen atoms in total. The van der Waals surface area contributed by atoms with Crippen LogP contribution >= 0.6 is 11.3 Å². The molecule has 0 aliphatic rings. The summed E-state index contributed by atoms with van der Waals surface area (Å²) in [6, 6.07) is 14.3. The van der Waals surface area contributed by atoms with Crippen molar-refractivity contribution in [2.75, 3.05) is 11.9 Å². The Bertz CT molecular complexity index is 890. The first kappa shape index (κ1) is 18.2. The minimum atomic E-state index is -4.43. The molecular formula is C18H16F3N3OS. The molecule has 0 radical (unpaired) electrons. The largest absolute Gasteiger partial charge is 0.405 e. The van der Waals surface area contributed by atoms with Crippen molar-refractivity contribution >= 4 is 33.1 Å². The summed E-state index contributed by atoms with van der Waals surface area (Å²) in [4.78, 5) is 16.4. The summed E-state index contributed by atoms with van der Waals surface area (Å²) < 4.78 is 37.7. The van der Waals surface area contributed by atoms with Gasteiger partial charge in [0, 0.05) is 11.3 Å². The van der Waals surface area contributed by atoms with Crippen molar-refractivity contribution in [3.05, 3.63) is 48.5 Å². The van der Waals surface area contributed by atoms with Gasteiger partial charge in [-0.3, -0.25) is 4.79 Å². The average Bonchev–Trinajstić information content (AvgIpc) is 3.03. The Morgan fingerprint density at radius 3 is 2.69 bits per heavy atom. The number of benzene rings is 2. The lowest BCUT2D eigenvalue weighted by Gasteiger charge is -2.16. The third-order valence-corrected chi connectivity index (χ3v) is 4.73. The lowest BCUT2D eigenvalue weighted by Crippen LogP contribution is -2.42. The highest BCUT2D eigenvalue weighted by atomic mass is 32.1. The molecule has 2 aromatic carbocycles. The Kier molecular flexibility index (Phi) is 5.13. The minimum absolute atomic E-state index is 0.636. The molecule has 0 saturated heterocycles. The molecular weight excluding hydrogens is 363 g/mol. The van der Waals surface area contributed by atoms with E-state index in [9.17, 15) is 18.0 Å². The van der Waals surface area contributed by atoms with E-state index < -0.39 is 24.7 Å². The monoisotopic (exact) mass is 379 g/mol. The van der Waals surface area contributed by atoms with E-state index in [1.807, 2.05) is 47.8 Å². The fourth-order valence-corrected chi connectivity index (χ4v) is 3.36. The summed E-state index contributed by atoms with van der Waals surface area (Å²) in [6.45, 7) is 0.166. The van der Waals surface area contributed by atoms with Gasteiger partial charge in [-0.15, -0.1) is 11.3 Å². The van der Waals surface area contributed by atoms with Crippen LogP contribution in [0, 0.1) is 0 Å². The third-order valence-electron chi connectivity index (χ3n) is 3.64. The number of nitrogens with one attached hydrogen (secondary N) is 2. The summed E-state index contributed by atoms with van der Waals surface area (Å²) in [5.74, 6) is -0.715. The minimum Gasteiger partial charge on any atom is -0.374 e. The van der Waals surface area contributed by atoms with Crippen molar-refractivity contribution in [1.29, 1.82) is 0 Å². The van der Waals surface area contributed by atoms with E-state index in [0.29, 0.717) is 5.69 Å². The van der Waals surface area contributed by atoms with Crippen LogP contribution in [0.4, 0.5) is 18.9 Å². The number of alkyl halides is 3. The smallest absolute Gasteiger partial charge is 0.374 e. The van der Waals surface area contributed by atoms with Crippen molar-refractivity contribution in [1.82, 2.24) is 10.3 Å². The molecule has 1 heterocycles. The van der Waals surface area contributed by atoms with Crippen molar-refractivity contribution in [2.24, 2.45) is 0 Å². The topological polar surface area (TPSA) is 54.0 Å². The number of amides is 1. The van der Waals surface area contributed by atoms with E-state index in [1.54, 1.807) is 17.4 Å². The van der Waals surface area contributed by atoms with Gasteiger partial charge in [0.15, 0.2) is 0 Å². The standard InChI is InChI=1S/C18H16F3N3OS/c1-11(16(25)22-10-18(19,20)21)23-13-6-4-5-12(9-13)17-24-14-7-2-3-8-15(14)26-17/h2-9,11,23H,10H2,1H3,(H,22,25). The molecule has 1 unspecified atom stereocenters. The number of thiazole rings is 1. The molecule has 0 fully saturated rings. The van der Waals surface area contributed by atoms with Crippen LogP contribution < -0.4 is 10.6 Å². The Balaban J connectivity index is 1.72. The number of rotatable bonds is 5. The van der Waals surface area contributed by atoms with Crippen molar-refractivity contribution in [2.45, 2.75) is 19.1 Å². The Morgan fingerprint density at radius 2 is 1.96 bits per heavy atom. The van der Waals surface area contributed by atoms with Crippen LogP contribution in [0.25, 0.3) is 20.8 Å². The summed E-state index contributed by atoms with van der Waals surface area (Å²) in [5, 5.41) is 5.63. The number of carbonyl (C=O) groups is 1. The third kappa shape index (κ3) is 4.51. The fraction of sp³-hybridized carbons (Fsp3) is 0.222. The normalized spacial score (nSPS) is 12.8. The predicted molar refractivity (Wildman–Crippen MR) is 97.2 cm³/mol. The number of hydrogen-bond acceptors (Lipinski definition) is 4. The second-order valence-corrected chi connectivity index (χ2v) is 6.80. The molecule has 1 aromatic heterocycles. The number of fused-ring (bicyclic) bond motifs is 1. The van der Waals surface area contributed by atoms with Gasteiger partial charge in [0.2, 0.25) is 5.91 Å². The molecule has 3 rings (SSSR count). The zero-order valence-corrected chi connectivity index (χ0v) is 14.6. The maximum atomic E-state index is 12.2. The van der Waals surface area contributed by atoms with Crippen LogP contribution in [0.1, 0.15) is 6.92 Å². The number of nitrogens with zero attached hydrogens (tertiary/aromatic N) is 1. The van der Waals surface area contributed by atoms with E-state index in [1.165, 1.54) is 6.92 Å². The Hall–Kier alpha value is -2.61.